The highest BCUT2D eigenvalue weighted by atomic mass is 32.2. The number of fused-ring (bicyclic) bond motifs is 1. The van der Waals surface area contributed by atoms with Crippen molar-refractivity contribution in [2.45, 2.75) is 55.6 Å². The Morgan fingerprint density at radius 1 is 0.967 bits per heavy atom. The monoisotopic (exact) mass is 841 g/mol. The molecule has 0 atom stereocenters. The number of hydrogen-bond donors (Lipinski definition) is 3. The Kier molecular flexibility index (Phi) is 13.4. The Balaban J connectivity index is 0.837. The predicted molar refractivity (Wildman–Crippen MR) is 232 cm³/mol. The zero-order valence-corrected chi connectivity index (χ0v) is 35.6. The summed E-state index contributed by atoms with van der Waals surface area (Å²) in [6, 6.07) is 15.6. The van der Waals surface area contributed by atoms with Crippen LogP contribution in [0.5, 0.6) is 11.5 Å². The van der Waals surface area contributed by atoms with Gasteiger partial charge in [0.05, 0.1) is 53.4 Å². The van der Waals surface area contributed by atoms with Crippen LogP contribution < -0.4 is 34.6 Å². The number of carbonyl (C=O) groups is 2. The number of amides is 3. The lowest BCUT2D eigenvalue weighted by atomic mass is 10.0. The molecule has 17 heteroatoms. The third-order valence-corrected chi connectivity index (χ3v) is 12.7. The topological polar surface area (TPSA) is 171 Å². The Bertz CT molecular complexity index is 2310. The lowest BCUT2D eigenvalue weighted by Gasteiger charge is -2.37. The van der Waals surface area contributed by atoms with E-state index >= 15 is 0 Å². The number of methoxy groups -OCH3 is 1. The number of aromatic nitrogens is 2. The first-order valence-electron chi connectivity index (χ1n) is 20.4. The Hall–Kier alpha value is -5.49. The number of urea groups is 1. The third-order valence-electron chi connectivity index (χ3n) is 11.3. The fraction of sp³-hybridized carbons (Fsp3) is 0.442. The molecular weight excluding hydrogens is 787 g/mol. The quantitative estimate of drug-likeness (QED) is 0.132. The average Bonchev–Trinajstić information content (AvgIpc) is 3.25. The minimum atomic E-state index is -3.64. The maximum Gasteiger partial charge on any atom is 0.326 e. The lowest BCUT2D eigenvalue weighted by molar-refractivity contribution is -0.0623. The number of benzene rings is 3. The van der Waals surface area contributed by atoms with E-state index in [1.54, 1.807) is 48.4 Å². The molecule has 60 heavy (non-hydrogen) atoms. The van der Waals surface area contributed by atoms with Gasteiger partial charge in [-0.25, -0.2) is 27.9 Å². The van der Waals surface area contributed by atoms with Gasteiger partial charge in [-0.3, -0.25) is 9.69 Å². The predicted octanol–water partition coefficient (Wildman–Crippen LogP) is 5.34. The Morgan fingerprint density at radius 3 is 2.42 bits per heavy atom. The molecule has 3 fully saturated rings. The van der Waals surface area contributed by atoms with E-state index in [2.05, 4.69) is 36.8 Å². The Labute approximate surface area is 351 Å². The van der Waals surface area contributed by atoms with Gasteiger partial charge in [-0.15, -0.1) is 0 Å². The molecular formula is C43H55N9O7S. The van der Waals surface area contributed by atoms with E-state index in [9.17, 15) is 18.0 Å². The summed E-state index contributed by atoms with van der Waals surface area (Å²) in [7, 11) is 3.09. The molecule has 0 saturated carbocycles. The second-order valence-corrected chi connectivity index (χ2v) is 17.4. The molecule has 4 heterocycles. The first kappa shape index (κ1) is 42.6. The number of likely N-dealkylation sites (tertiary alicyclic amines) is 2. The smallest absolute Gasteiger partial charge is 0.326 e. The van der Waals surface area contributed by atoms with Gasteiger partial charge in [0.2, 0.25) is 10.0 Å². The summed E-state index contributed by atoms with van der Waals surface area (Å²) in [4.78, 5) is 43.1. The molecule has 320 valence electrons. The normalized spacial score (nSPS) is 17.1. The van der Waals surface area contributed by atoms with Crippen LogP contribution in [0.25, 0.3) is 10.9 Å². The van der Waals surface area contributed by atoms with Crippen LogP contribution in [0, 0.1) is 0 Å². The number of anilines is 4. The number of ether oxygens (including phenoxy) is 3. The zero-order chi connectivity index (χ0) is 42.4. The van der Waals surface area contributed by atoms with Crippen molar-refractivity contribution in [3.63, 3.8) is 0 Å². The molecule has 0 bridgehead atoms. The molecule has 0 unspecified atom stereocenters. The van der Waals surface area contributed by atoms with E-state index in [1.807, 2.05) is 42.1 Å². The first-order chi connectivity index (χ1) is 28.9. The lowest BCUT2D eigenvalue weighted by Crippen LogP contribution is -2.45. The summed E-state index contributed by atoms with van der Waals surface area (Å²) in [6.07, 6.45) is 6.82. The van der Waals surface area contributed by atoms with Crippen molar-refractivity contribution >= 4 is 55.7 Å². The van der Waals surface area contributed by atoms with E-state index in [0.717, 1.165) is 68.6 Å². The number of rotatable bonds is 15. The second-order valence-electron chi connectivity index (χ2n) is 15.5. The summed E-state index contributed by atoms with van der Waals surface area (Å²) >= 11 is 0. The minimum absolute atomic E-state index is 0.0585. The highest BCUT2D eigenvalue weighted by Gasteiger charge is 2.30. The van der Waals surface area contributed by atoms with E-state index in [0.29, 0.717) is 72.4 Å². The van der Waals surface area contributed by atoms with Crippen LogP contribution in [-0.2, 0) is 14.8 Å². The van der Waals surface area contributed by atoms with Crippen LogP contribution in [0.3, 0.4) is 0 Å². The van der Waals surface area contributed by atoms with Crippen LogP contribution in [0.4, 0.5) is 27.7 Å². The van der Waals surface area contributed by atoms with Gasteiger partial charge < -0.3 is 39.5 Å². The molecule has 3 aliphatic heterocycles. The van der Waals surface area contributed by atoms with Gasteiger partial charge in [0.15, 0.2) is 0 Å². The summed E-state index contributed by atoms with van der Waals surface area (Å²) in [5.74, 6) is 1.75. The van der Waals surface area contributed by atoms with Crippen LogP contribution in [0.15, 0.2) is 78.1 Å². The van der Waals surface area contributed by atoms with Crippen LogP contribution >= 0.6 is 0 Å². The van der Waals surface area contributed by atoms with Crippen LogP contribution in [0.1, 0.15) is 48.9 Å². The molecule has 16 nitrogen and oxygen atoms in total. The molecule has 7 rings (SSSR count). The largest absolute Gasteiger partial charge is 0.495 e. The van der Waals surface area contributed by atoms with Gasteiger partial charge in [0, 0.05) is 82.5 Å². The molecule has 1 aromatic heterocycles. The van der Waals surface area contributed by atoms with Crippen molar-refractivity contribution < 1.29 is 32.2 Å². The second kappa shape index (κ2) is 18.8. The Morgan fingerprint density at radius 2 is 1.72 bits per heavy atom. The maximum absolute atomic E-state index is 13.5. The molecule has 0 spiro atoms. The minimum Gasteiger partial charge on any atom is -0.495 e. The average molecular weight is 842 g/mol. The molecule has 3 aliphatic rings. The number of nitrogens with zero attached hydrogens (tertiary/aromatic N) is 6. The van der Waals surface area contributed by atoms with Crippen LogP contribution in [0.2, 0.25) is 0 Å². The summed E-state index contributed by atoms with van der Waals surface area (Å²) in [5, 5.41) is 6.87. The van der Waals surface area contributed by atoms with Crippen molar-refractivity contribution in [1.82, 2.24) is 29.8 Å². The number of sulfonamides is 1. The number of hydrogen-bond acceptors (Lipinski definition) is 12. The molecule has 0 aliphatic carbocycles. The molecule has 0 radical (unpaired) electrons. The summed E-state index contributed by atoms with van der Waals surface area (Å²) in [5.41, 5.74) is 3.88. The summed E-state index contributed by atoms with van der Waals surface area (Å²) < 4.78 is 45.6. The SMILES string of the molecule is C=C1CCN(c2cc(C(=O)N3CCC(OC4CCN(CCCOc5ccc6c(Nc7cc(S(=O)(=O)NC)ccc7N(C)C)ncnc6c5)CC4)CC3)ccc2OC)C(=O)N1. The fourth-order valence-corrected chi connectivity index (χ4v) is 8.69. The maximum atomic E-state index is 13.5. The first-order valence-corrected chi connectivity index (χ1v) is 21.9. The van der Waals surface area contributed by atoms with Crippen molar-refractivity contribution in [3.8, 4) is 11.5 Å². The molecule has 3 aromatic carbocycles. The van der Waals surface area contributed by atoms with Crippen molar-refractivity contribution in [1.29, 1.82) is 0 Å². The number of carbonyl (C=O) groups excluding carboxylic acids is 2. The molecule has 3 saturated heterocycles. The van der Waals surface area contributed by atoms with Gasteiger partial charge in [0.25, 0.3) is 5.91 Å². The van der Waals surface area contributed by atoms with E-state index < -0.39 is 10.0 Å². The van der Waals surface area contributed by atoms with Gasteiger partial charge in [-0.2, -0.15) is 0 Å². The molecule has 4 aromatic rings. The standard InChI is InChI=1S/C43H55N9O7S/c1-29-13-23-52(43(54)47-29)39-25-30(7-12-40(39)57-5)42(53)51-21-16-32(17-22-51)59-31-14-19-50(20-15-31)18-6-24-58-33-8-10-35-36(26-33)45-28-46-41(35)48-37-27-34(60(55,56)44-2)9-11-38(37)49(3)4/h7-12,25-28,31-32,44H,1,6,13-24H2,2-5H3,(H,47,54)(H,45,46,48). The van der Waals surface area contributed by atoms with E-state index in [1.165, 1.54) is 13.4 Å². The van der Waals surface area contributed by atoms with Gasteiger partial charge >= 0.3 is 6.03 Å². The molecule has 3 N–H and O–H groups in total. The van der Waals surface area contributed by atoms with E-state index in [4.69, 9.17) is 14.2 Å². The van der Waals surface area contributed by atoms with Crippen LogP contribution in [-0.4, -0.2) is 126 Å². The van der Waals surface area contributed by atoms with Gasteiger partial charge in [-0.1, -0.05) is 6.58 Å². The van der Waals surface area contributed by atoms with Crippen molar-refractivity contribution in [2.75, 3.05) is 89.2 Å². The van der Waals surface area contributed by atoms with Gasteiger partial charge in [0.1, 0.15) is 23.6 Å². The fourth-order valence-electron chi connectivity index (χ4n) is 7.93. The number of piperidine rings is 2. The van der Waals surface area contributed by atoms with Crippen molar-refractivity contribution in [3.05, 3.63) is 78.8 Å². The number of nitrogens with one attached hydrogen (secondary N) is 3. The van der Waals surface area contributed by atoms with E-state index in [-0.39, 0.29) is 29.0 Å². The highest BCUT2D eigenvalue weighted by molar-refractivity contribution is 7.89. The van der Waals surface area contributed by atoms with Crippen molar-refractivity contribution in [2.24, 2.45) is 0 Å². The summed E-state index contributed by atoms with van der Waals surface area (Å²) in [6.45, 7) is 8.98. The highest BCUT2D eigenvalue weighted by Crippen LogP contribution is 2.34. The molecule has 3 amide bonds. The zero-order valence-electron chi connectivity index (χ0n) is 34.8. The third kappa shape index (κ3) is 9.92. The van der Waals surface area contributed by atoms with Gasteiger partial charge in [-0.05, 0) is 87.7 Å².